The minimum atomic E-state index is -0.967. The number of rotatable bonds is 8. The highest BCUT2D eigenvalue weighted by Crippen LogP contribution is 2.28. The summed E-state index contributed by atoms with van der Waals surface area (Å²) >= 11 is 0. The van der Waals surface area contributed by atoms with Crippen LogP contribution in [0.5, 0.6) is 0 Å². The van der Waals surface area contributed by atoms with Gasteiger partial charge in [-0.3, -0.25) is 4.79 Å². The van der Waals surface area contributed by atoms with E-state index in [-0.39, 0.29) is 11.8 Å². The van der Waals surface area contributed by atoms with E-state index in [1.165, 1.54) is 0 Å². The largest absolute Gasteiger partial charge is 0.480 e. The molecule has 6 N–H and O–H groups in total. The highest BCUT2D eigenvalue weighted by atomic mass is 16.4. The molecule has 0 radical (unpaired) electrons. The van der Waals surface area contributed by atoms with Gasteiger partial charge < -0.3 is 21.9 Å². The molecule has 0 saturated heterocycles. The van der Waals surface area contributed by atoms with E-state index in [1.54, 1.807) is 0 Å². The first-order chi connectivity index (χ1) is 9.58. The topological polar surface area (TPSA) is 118 Å². The Labute approximate surface area is 120 Å². The van der Waals surface area contributed by atoms with Crippen molar-refractivity contribution < 1.29 is 14.7 Å². The summed E-state index contributed by atoms with van der Waals surface area (Å²) in [6, 6.07) is -0.790. The maximum Gasteiger partial charge on any atom is 0.326 e. The zero-order valence-corrected chi connectivity index (χ0v) is 12.0. The predicted molar refractivity (Wildman–Crippen MR) is 77.0 cm³/mol. The Morgan fingerprint density at radius 3 is 2.30 bits per heavy atom. The molecular formula is C14H27N3O3. The number of amides is 1. The maximum atomic E-state index is 12.1. The van der Waals surface area contributed by atoms with Crippen LogP contribution in [0.15, 0.2) is 0 Å². The van der Waals surface area contributed by atoms with Crippen LogP contribution in [-0.4, -0.2) is 36.1 Å². The lowest BCUT2D eigenvalue weighted by molar-refractivity contribution is -0.143. The zero-order valence-electron chi connectivity index (χ0n) is 12.0. The zero-order chi connectivity index (χ0) is 15.0. The molecule has 0 spiro atoms. The van der Waals surface area contributed by atoms with Crippen molar-refractivity contribution in [2.75, 3.05) is 13.1 Å². The molecule has 1 fully saturated rings. The fourth-order valence-corrected chi connectivity index (χ4v) is 2.70. The molecule has 6 nitrogen and oxygen atoms in total. The molecule has 20 heavy (non-hydrogen) atoms. The Morgan fingerprint density at radius 2 is 1.80 bits per heavy atom. The van der Waals surface area contributed by atoms with Gasteiger partial charge in [0.15, 0.2) is 0 Å². The quantitative estimate of drug-likeness (QED) is 0.483. The van der Waals surface area contributed by atoms with Crippen LogP contribution in [0, 0.1) is 11.8 Å². The van der Waals surface area contributed by atoms with Crippen LogP contribution in [-0.2, 0) is 9.59 Å². The monoisotopic (exact) mass is 285 g/mol. The SMILES string of the molecule is NCCCC[C@H](NC(=O)C1CCC(CN)CC1)C(=O)O. The smallest absolute Gasteiger partial charge is 0.326 e. The minimum Gasteiger partial charge on any atom is -0.480 e. The van der Waals surface area contributed by atoms with E-state index in [2.05, 4.69) is 5.32 Å². The van der Waals surface area contributed by atoms with Gasteiger partial charge in [-0.25, -0.2) is 4.79 Å². The van der Waals surface area contributed by atoms with Crippen molar-refractivity contribution in [3.05, 3.63) is 0 Å². The van der Waals surface area contributed by atoms with E-state index < -0.39 is 12.0 Å². The number of carbonyl (C=O) groups excluding carboxylic acids is 1. The first-order valence-electron chi connectivity index (χ1n) is 7.51. The van der Waals surface area contributed by atoms with Gasteiger partial charge in [0.1, 0.15) is 6.04 Å². The Hall–Kier alpha value is -1.14. The van der Waals surface area contributed by atoms with Gasteiger partial charge >= 0.3 is 5.97 Å². The van der Waals surface area contributed by atoms with Crippen LogP contribution in [0.1, 0.15) is 44.9 Å². The lowest BCUT2D eigenvalue weighted by atomic mass is 9.81. The maximum absolute atomic E-state index is 12.1. The molecule has 1 amide bonds. The Bertz CT molecular complexity index is 315. The fraction of sp³-hybridized carbons (Fsp3) is 0.857. The van der Waals surface area contributed by atoms with Crippen molar-refractivity contribution in [1.82, 2.24) is 5.32 Å². The number of carbonyl (C=O) groups is 2. The standard InChI is InChI=1S/C14H27N3O3/c15-8-2-1-3-12(14(19)20)17-13(18)11-6-4-10(9-16)5-7-11/h10-12H,1-9,15-16H2,(H,17,18)(H,19,20)/t10?,11?,12-/m0/s1. The number of nitrogens with one attached hydrogen (secondary N) is 1. The summed E-state index contributed by atoms with van der Waals surface area (Å²) < 4.78 is 0. The normalized spacial score (nSPS) is 24.1. The van der Waals surface area contributed by atoms with Crippen molar-refractivity contribution in [3.8, 4) is 0 Å². The lowest BCUT2D eigenvalue weighted by Gasteiger charge is -2.27. The molecular weight excluding hydrogens is 258 g/mol. The van der Waals surface area contributed by atoms with Gasteiger partial charge in [-0.15, -0.1) is 0 Å². The number of carboxylic acids is 1. The number of unbranched alkanes of at least 4 members (excludes halogenated alkanes) is 1. The number of aliphatic carboxylic acids is 1. The highest BCUT2D eigenvalue weighted by molar-refractivity contribution is 5.84. The number of nitrogens with two attached hydrogens (primary N) is 2. The molecule has 1 rings (SSSR count). The van der Waals surface area contributed by atoms with Gasteiger partial charge in [0, 0.05) is 5.92 Å². The third kappa shape index (κ3) is 5.46. The van der Waals surface area contributed by atoms with Crippen molar-refractivity contribution in [1.29, 1.82) is 0 Å². The number of hydrogen-bond acceptors (Lipinski definition) is 4. The Balaban J connectivity index is 2.39. The molecule has 0 aliphatic heterocycles. The first kappa shape index (κ1) is 16.9. The molecule has 1 aliphatic rings. The molecule has 0 aromatic heterocycles. The van der Waals surface area contributed by atoms with Gasteiger partial charge in [-0.05, 0) is 64.0 Å². The molecule has 1 aliphatic carbocycles. The van der Waals surface area contributed by atoms with Crippen molar-refractivity contribution >= 4 is 11.9 Å². The van der Waals surface area contributed by atoms with Gasteiger partial charge in [0.05, 0.1) is 0 Å². The van der Waals surface area contributed by atoms with Crippen LogP contribution < -0.4 is 16.8 Å². The third-order valence-electron chi connectivity index (χ3n) is 4.11. The van der Waals surface area contributed by atoms with Gasteiger partial charge in [0.25, 0.3) is 0 Å². The summed E-state index contributed by atoms with van der Waals surface area (Å²) in [6.07, 6.45) is 5.47. The third-order valence-corrected chi connectivity index (χ3v) is 4.11. The van der Waals surface area contributed by atoms with Crippen LogP contribution in [0.4, 0.5) is 0 Å². The summed E-state index contributed by atoms with van der Waals surface area (Å²) in [4.78, 5) is 23.3. The lowest BCUT2D eigenvalue weighted by Crippen LogP contribution is -2.44. The first-order valence-corrected chi connectivity index (χ1v) is 7.51. The van der Waals surface area contributed by atoms with Crippen molar-refractivity contribution in [2.45, 2.75) is 51.0 Å². The average molecular weight is 285 g/mol. The number of hydrogen-bond donors (Lipinski definition) is 4. The second kappa shape index (κ2) is 8.92. The van der Waals surface area contributed by atoms with E-state index in [0.29, 0.717) is 31.8 Å². The van der Waals surface area contributed by atoms with Gasteiger partial charge in [-0.1, -0.05) is 0 Å². The van der Waals surface area contributed by atoms with E-state index in [9.17, 15) is 9.59 Å². The van der Waals surface area contributed by atoms with Crippen molar-refractivity contribution in [3.63, 3.8) is 0 Å². The second-order valence-electron chi connectivity index (χ2n) is 5.64. The summed E-state index contributed by atoms with van der Waals surface area (Å²) in [5.74, 6) is -0.639. The van der Waals surface area contributed by atoms with E-state index in [0.717, 1.165) is 32.1 Å². The molecule has 1 atom stereocenters. The number of carboxylic acid groups (broad SMARTS) is 1. The molecule has 116 valence electrons. The Kier molecular flexibility index (Phi) is 7.54. The minimum absolute atomic E-state index is 0.0610. The van der Waals surface area contributed by atoms with Crippen LogP contribution in [0.2, 0.25) is 0 Å². The second-order valence-corrected chi connectivity index (χ2v) is 5.64. The fourth-order valence-electron chi connectivity index (χ4n) is 2.70. The Morgan fingerprint density at radius 1 is 1.15 bits per heavy atom. The van der Waals surface area contributed by atoms with Gasteiger partial charge in [0.2, 0.25) is 5.91 Å². The summed E-state index contributed by atoms with van der Waals surface area (Å²) in [5.41, 5.74) is 11.0. The molecule has 0 heterocycles. The molecule has 6 heteroatoms. The van der Waals surface area contributed by atoms with Gasteiger partial charge in [-0.2, -0.15) is 0 Å². The molecule has 0 unspecified atom stereocenters. The van der Waals surface area contributed by atoms with E-state index in [4.69, 9.17) is 16.6 Å². The summed E-state index contributed by atoms with van der Waals surface area (Å²) in [5, 5.41) is 11.8. The van der Waals surface area contributed by atoms with Crippen LogP contribution >= 0.6 is 0 Å². The van der Waals surface area contributed by atoms with E-state index >= 15 is 0 Å². The van der Waals surface area contributed by atoms with Crippen LogP contribution in [0.3, 0.4) is 0 Å². The summed E-state index contributed by atoms with van der Waals surface area (Å²) in [6.45, 7) is 1.22. The molecule has 0 aromatic carbocycles. The predicted octanol–water partition coefficient (Wildman–Crippen LogP) is 0.450. The van der Waals surface area contributed by atoms with E-state index in [1.807, 2.05) is 0 Å². The highest BCUT2D eigenvalue weighted by Gasteiger charge is 2.28. The molecule has 0 aromatic rings. The average Bonchev–Trinajstić information content (AvgIpc) is 2.46. The van der Waals surface area contributed by atoms with Crippen molar-refractivity contribution in [2.24, 2.45) is 23.3 Å². The molecule has 0 bridgehead atoms. The molecule has 1 saturated carbocycles. The summed E-state index contributed by atoms with van der Waals surface area (Å²) in [7, 11) is 0. The van der Waals surface area contributed by atoms with Crippen LogP contribution in [0.25, 0.3) is 0 Å².